The van der Waals surface area contributed by atoms with Crippen LogP contribution in [0.25, 0.3) is 0 Å². The number of anilines is 1. The van der Waals surface area contributed by atoms with Crippen LogP contribution in [-0.4, -0.2) is 32.5 Å². The number of aromatic nitrogens is 1. The van der Waals surface area contributed by atoms with Gasteiger partial charge in [-0.05, 0) is 55.3 Å². The first kappa shape index (κ1) is 23.1. The standard InChI is InChI=1S/C23H22F3N3O3S/c1-16(29-13-12-17-4-2-3-5-21(17)29)14-28-33(30,31)20-9-7-19(8-10-20)32-22-11-6-18(15-27-22)23(24,25)26/h2-11,15-16,28H,12-14H2,1H3. The molecule has 0 saturated carbocycles. The second-order valence-electron chi connectivity index (χ2n) is 7.73. The van der Waals surface area contributed by atoms with Gasteiger partial charge in [0.1, 0.15) is 5.75 Å². The maximum Gasteiger partial charge on any atom is 0.417 e. The average molecular weight is 478 g/mol. The number of nitrogens with one attached hydrogen (secondary N) is 1. The fourth-order valence-electron chi connectivity index (χ4n) is 3.66. The zero-order valence-corrected chi connectivity index (χ0v) is 18.5. The van der Waals surface area contributed by atoms with Crippen LogP contribution in [0.4, 0.5) is 18.9 Å². The van der Waals surface area contributed by atoms with Crippen molar-refractivity contribution in [3.05, 3.63) is 78.0 Å². The molecule has 3 aromatic rings. The molecule has 2 heterocycles. The lowest BCUT2D eigenvalue weighted by atomic mass is 10.2. The van der Waals surface area contributed by atoms with Crippen molar-refractivity contribution >= 4 is 15.7 Å². The number of ether oxygens (including phenoxy) is 1. The van der Waals surface area contributed by atoms with Crippen LogP contribution >= 0.6 is 0 Å². The van der Waals surface area contributed by atoms with Crippen molar-refractivity contribution in [3.63, 3.8) is 0 Å². The molecule has 1 unspecified atom stereocenters. The van der Waals surface area contributed by atoms with Crippen molar-refractivity contribution in [2.24, 2.45) is 0 Å². The Morgan fingerprint density at radius 2 is 1.82 bits per heavy atom. The second-order valence-corrected chi connectivity index (χ2v) is 9.50. The van der Waals surface area contributed by atoms with Gasteiger partial charge in [0.15, 0.2) is 0 Å². The van der Waals surface area contributed by atoms with E-state index in [0.717, 1.165) is 30.8 Å². The molecular formula is C23H22F3N3O3S. The molecule has 4 rings (SSSR count). The lowest BCUT2D eigenvalue weighted by molar-refractivity contribution is -0.137. The molecule has 0 radical (unpaired) electrons. The minimum Gasteiger partial charge on any atom is -0.439 e. The molecule has 1 aliphatic rings. The van der Waals surface area contributed by atoms with E-state index in [1.807, 2.05) is 25.1 Å². The van der Waals surface area contributed by atoms with E-state index in [1.165, 1.54) is 29.8 Å². The van der Waals surface area contributed by atoms with Crippen molar-refractivity contribution in [2.75, 3.05) is 18.0 Å². The van der Waals surface area contributed by atoms with Crippen LogP contribution in [0.1, 0.15) is 18.1 Å². The third kappa shape index (κ3) is 5.28. The number of halogens is 3. The smallest absolute Gasteiger partial charge is 0.417 e. The molecule has 1 aliphatic heterocycles. The van der Waals surface area contributed by atoms with Crippen LogP contribution in [0, 0.1) is 0 Å². The molecule has 1 aromatic heterocycles. The molecule has 0 saturated heterocycles. The highest BCUT2D eigenvalue weighted by Gasteiger charge is 2.30. The molecule has 0 bridgehead atoms. The minimum atomic E-state index is -4.48. The fourth-order valence-corrected chi connectivity index (χ4v) is 4.78. The normalized spacial score (nSPS) is 14.7. The Labute approximate surface area is 190 Å². The van der Waals surface area contributed by atoms with Gasteiger partial charge < -0.3 is 9.64 Å². The maximum atomic E-state index is 12.7. The highest BCUT2D eigenvalue weighted by atomic mass is 32.2. The molecular weight excluding hydrogens is 455 g/mol. The monoisotopic (exact) mass is 477 g/mol. The number of alkyl halides is 3. The van der Waals surface area contributed by atoms with E-state index in [4.69, 9.17) is 4.74 Å². The Balaban J connectivity index is 1.37. The number of benzene rings is 2. The Morgan fingerprint density at radius 3 is 2.48 bits per heavy atom. The summed E-state index contributed by atoms with van der Waals surface area (Å²) in [7, 11) is -3.75. The van der Waals surface area contributed by atoms with Gasteiger partial charge in [-0.15, -0.1) is 0 Å². The molecule has 6 nitrogen and oxygen atoms in total. The van der Waals surface area contributed by atoms with Gasteiger partial charge in [0, 0.05) is 37.1 Å². The first-order valence-electron chi connectivity index (χ1n) is 10.3. The van der Waals surface area contributed by atoms with E-state index < -0.39 is 21.8 Å². The number of rotatable bonds is 7. The Kier molecular flexibility index (Phi) is 6.31. The summed E-state index contributed by atoms with van der Waals surface area (Å²) in [6.45, 7) is 3.05. The predicted octanol–water partition coefficient (Wildman–Crippen LogP) is 4.62. The van der Waals surface area contributed by atoms with Crippen molar-refractivity contribution in [1.82, 2.24) is 9.71 Å². The Bertz CT molecular complexity index is 1210. The van der Waals surface area contributed by atoms with Crippen molar-refractivity contribution in [1.29, 1.82) is 0 Å². The van der Waals surface area contributed by atoms with E-state index in [0.29, 0.717) is 6.20 Å². The van der Waals surface area contributed by atoms with Gasteiger partial charge >= 0.3 is 6.18 Å². The zero-order chi connectivity index (χ0) is 23.6. The predicted molar refractivity (Wildman–Crippen MR) is 118 cm³/mol. The molecule has 0 fully saturated rings. The maximum absolute atomic E-state index is 12.7. The van der Waals surface area contributed by atoms with Crippen molar-refractivity contribution in [3.8, 4) is 11.6 Å². The summed E-state index contributed by atoms with van der Waals surface area (Å²) in [6.07, 6.45) is -2.87. The van der Waals surface area contributed by atoms with E-state index in [9.17, 15) is 21.6 Å². The minimum absolute atomic E-state index is 0.0308. The van der Waals surface area contributed by atoms with Gasteiger partial charge in [-0.2, -0.15) is 13.2 Å². The summed E-state index contributed by atoms with van der Waals surface area (Å²) in [5.74, 6) is 0.222. The number of hydrogen-bond acceptors (Lipinski definition) is 5. The SMILES string of the molecule is CC(CNS(=O)(=O)c1ccc(Oc2ccc(C(F)(F)F)cn2)cc1)N1CCc2ccccc21. The second kappa shape index (κ2) is 9.03. The third-order valence-corrected chi connectivity index (χ3v) is 6.88. The van der Waals surface area contributed by atoms with Gasteiger partial charge in [-0.1, -0.05) is 18.2 Å². The lowest BCUT2D eigenvalue weighted by Crippen LogP contribution is -2.41. The zero-order valence-electron chi connectivity index (χ0n) is 17.7. The summed E-state index contributed by atoms with van der Waals surface area (Å²) in [5, 5.41) is 0. The van der Waals surface area contributed by atoms with Gasteiger partial charge in [0.25, 0.3) is 0 Å². The van der Waals surface area contributed by atoms with Gasteiger partial charge in [-0.25, -0.2) is 18.1 Å². The molecule has 0 aliphatic carbocycles. The molecule has 0 spiro atoms. The van der Waals surface area contributed by atoms with Gasteiger partial charge in [0.2, 0.25) is 15.9 Å². The average Bonchev–Trinajstić information content (AvgIpc) is 3.22. The Morgan fingerprint density at radius 1 is 1.09 bits per heavy atom. The first-order chi connectivity index (χ1) is 15.6. The van der Waals surface area contributed by atoms with E-state index in [-0.39, 0.29) is 29.1 Å². The summed E-state index contributed by atoms with van der Waals surface area (Å²) in [6, 6.07) is 15.6. The molecule has 33 heavy (non-hydrogen) atoms. The van der Waals surface area contributed by atoms with Crippen LogP contribution < -0.4 is 14.4 Å². The number of fused-ring (bicyclic) bond motifs is 1. The highest BCUT2D eigenvalue weighted by Crippen LogP contribution is 2.31. The van der Waals surface area contributed by atoms with Gasteiger partial charge in [0.05, 0.1) is 10.5 Å². The summed E-state index contributed by atoms with van der Waals surface area (Å²) < 4.78 is 71.3. The Hall–Kier alpha value is -3.11. The third-order valence-electron chi connectivity index (χ3n) is 5.44. The van der Waals surface area contributed by atoms with Crippen LogP contribution in [0.15, 0.2) is 71.8 Å². The molecule has 2 aromatic carbocycles. The molecule has 1 atom stereocenters. The van der Waals surface area contributed by atoms with Crippen molar-refractivity contribution in [2.45, 2.75) is 30.5 Å². The largest absolute Gasteiger partial charge is 0.439 e. The topological polar surface area (TPSA) is 71.5 Å². The number of pyridine rings is 1. The molecule has 174 valence electrons. The van der Waals surface area contributed by atoms with Crippen LogP contribution in [0.3, 0.4) is 0 Å². The molecule has 1 N–H and O–H groups in total. The van der Waals surface area contributed by atoms with Crippen LogP contribution in [0.2, 0.25) is 0 Å². The van der Waals surface area contributed by atoms with E-state index in [1.54, 1.807) is 0 Å². The molecule has 10 heteroatoms. The van der Waals surface area contributed by atoms with E-state index >= 15 is 0 Å². The summed E-state index contributed by atoms with van der Waals surface area (Å²) >= 11 is 0. The number of hydrogen-bond donors (Lipinski definition) is 1. The summed E-state index contributed by atoms with van der Waals surface area (Å²) in [5.41, 5.74) is 1.50. The van der Waals surface area contributed by atoms with Gasteiger partial charge in [-0.3, -0.25) is 0 Å². The van der Waals surface area contributed by atoms with E-state index in [2.05, 4.69) is 20.7 Å². The fraction of sp³-hybridized carbons (Fsp3) is 0.261. The first-order valence-corrected chi connectivity index (χ1v) is 11.8. The molecule has 0 amide bonds. The highest BCUT2D eigenvalue weighted by molar-refractivity contribution is 7.89. The summed E-state index contributed by atoms with van der Waals surface area (Å²) in [4.78, 5) is 5.88. The lowest BCUT2D eigenvalue weighted by Gasteiger charge is -2.27. The number of sulfonamides is 1. The van der Waals surface area contributed by atoms with Crippen LogP contribution in [0.5, 0.6) is 11.6 Å². The number of para-hydroxylation sites is 1. The quantitative estimate of drug-likeness (QED) is 0.538. The van der Waals surface area contributed by atoms with Crippen LogP contribution in [-0.2, 0) is 22.6 Å². The number of nitrogens with zero attached hydrogens (tertiary/aromatic N) is 2. The van der Waals surface area contributed by atoms with Crippen molar-refractivity contribution < 1.29 is 26.3 Å².